The fourth-order valence-corrected chi connectivity index (χ4v) is 4.67. The number of urea groups is 1. The Morgan fingerprint density at radius 1 is 1.10 bits per heavy atom. The second-order valence-corrected chi connectivity index (χ2v) is 11.3. The number of aliphatic carboxylic acids is 1. The molecule has 0 saturated carbocycles. The van der Waals surface area contributed by atoms with Gasteiger partial charge in [-0.1, -0.05) is 17.7 Å². The lowest BCUT2D eigenvalue weighted by Crippen LogP contribution is -2.19. The molecule has 0 atom stereocenters. The first-order chi connectivity index (χ1) is 19.7. The third-order valence-corrected chi connectivity index (χ3v) is 6.48. The van der Waals surface area contributed by atoms with Crippen LogP contribution >= 0.6 is 0 Å². The van der Waals surface area contributed by atoms with Gasteiger partial charge in [0.15, 0.2) is 23.0 Å². The highest BCUT2D eigenvalue weighted by Gasteiger charge is 2.26. The molecule has 10 nitrogen and oxygen atoms in total. The number of aromatic nitrogens is 3. The van der Waals surface area contributed by atoms with Crippen LogP contribution in [-0.4, -0.2) is 49.0 Å². The van der Waals surface area contributed by atoms with Crippen LogP contribution in [0.4, 0.5) is 20.7 Å². The van der Waals surface area contributed by atoms with Crippen LogP contribution in [0.3, 0.4) is 0 Å². The molecule has 222 valence electrons. The van der Waals surface area contributed by atoms with Crippen molar-refractivity contribution in [3.05, 3.63) is 70.2 Å². The molecule has 0 bridgehead atoms. The molecule has 4 aromatic rings. The molecule has 0 saturated heterocycles. The van der Waals surface area contributed by atoms with Gasteiger partial charge in [-0.2, -0.15) is 0 Å². The van der Waals surface area contributed by atoms with Gasteiger partial charge in [0.1, 0.15) is 0 Å². The van der Waals surface area contributed by atoms with E-state index in [0.29, 0.717) is 46.9 Å². The number of carboxylic acid groups (broad SMARTS) is 1. The minimum atomic E-state index is -1.05. The Morgan fingerprint density at radius 3 is 2.40 bits per heavy atom. The number of aryl methyl sites for hydroxylation is 2. The van der Waals surface area contributed by atoms with E-state index >= 15 is 4.39 Å². The molecule has 1 aliphatic rings. The second kappa shape index (κ2) is 12.2. The average molecular weight is 578 g/mol. The van der Waals surface area contributed by atoms with E-state index in [-0.39, 0.29) is 18.0 Å². The Hall–Kier alpha value is -4.51. The van der Waals surface area contributed by atoms with Gasteiger partial charge in [0, 0.05) is 34.1 Å². The van der Waals surface area contributed by atoms with Crippen molar-refractivity contribution in [2.75, 3.05) is 17.2 Å². The van der Waals surface area contributed by atoms with Gasteiger partial charge in [-0.3, -0.25) is 10.1 Å². The molecule has 42 heavy (non-hydrogen) atoms. The highest BCUT2D eigenvalue weighted by molar-refractivity contribution is 5.99. The molecule has 0 fully saturated rings. The van der Waals surface area contributed by atoms with Crippen LogP contribution in [-0.2, 0) is 17.6 Å². The first-order valence-electron chi connectivity index (χ1n) is 13.6. The minimum Gasteiger partial charge on any atom is -0.490 e. The van der Waals surface area contributed by atoms with Gasteiger partial charge >= 0.3 is 12.0 Å². The molecule has 5 rings (SSSR count). The summed E-state index contributed by atoms with van der Waals surface area (Å²) >= 11 is 0. The van der Waals surface area contributed by atoms with Crippen molar-refractivity contribution in [3.63, 3.8) is 0 Å². The molecule has 0 unspecified atom stereocenters. The lowest BCUT2D eigenvalue weighted by molar-refractivity contribution is -0.136. The van der Waals surface area contributed by atoms with E-state index in [1.54, 1.807) is 45.9 Å². The fourth-order valence-electron chi connectivity index (χ4n) is 4.67. The summed E-state index contributed by atoms with van der Waals surface area (Å²) in [5.74, 6) is -1.11. The van der Waals surface area contributed by atoms with E-state index < -0.39 is 23.4 Å². The predicted octanol–water partition coefficient (Wildman–Crippen LogP) is 5.83. The van der Waals surface area contributed by atoms with Gasteiger partial charge in [-0.25, -0.2) is 18.7 Å². The summed E-state index contributed by atoms with van der Waals surface area (Å²) in [5, 5.41) is 28.1. The van der Waals surface area contributed by atoms with Crippen LogP contribution < -0.4 is 15.4 Å². The van der Waals surface area contributed by atoms with Crippen molar-refractivity contribution in [2.24, 2.45) is 0 Å². The van der Waals surface area contributed by atoms with Crippen molar-refractivity contribution in [2.45, 2.75) is 66.4 Å². The molecule has 4 N–H and O–H groups in total. The maximum absolute atomic E-state index is 15.1. The number of fused-ring (bicyclic) bond motifs is 2. The predicted molar refractivity (Wildman–Crippen MR) is 159 cm³/mol. The molecule has 3 heterocycles. The highest BCUT2D eigenvalue weighted by Crippen LogP contribution is 2.39. The van der Waals surface area contributed by atoms with Crippen LogP contribution in [0.25, 0.3) is 16.9 Å². The molecular weight excluding hydrogens is 541 g/mol. The van der Waals surface area contributed by atoms with Crippen molar-refractivity contribution < 1.29 is 28.9 Å². The molecule has 0 aliphatic carbocycles. The zero-order valence-corrected chi connectivity index (χ0v) is 24.6. The largest absolute Gasteiger partial charge is 0.490 e. The van der Waals surface area contributed by atoms with Crippen molar-refractivity contribution >= 4 is 29.2 Å². The monoisotopic (exact) mass is 577 g/mol. The first kappa shape index (κ1) is 30.4. The molecule has 11 heteroatoms. The van der Waals surface area contributed by atoms with Crippen LogP contribution in [0, 0.1) is 26.6 Å². The lowest BCUT2D eigenvalue weighted by atomic mass is 9.91. The summed E-state index contributed by atoms with van der Waals surface area (Å²) in [6.07, 6.45) is 1.09. The van der Waals surface area contributed by atoms with Gasteiger partial charge in [-0.05, 0) is 78.1 Å². The number of hydrogen-bond donors (Lipinski definition) is 4. The van der Waals surface area contributed by atoms with Gasteiger partial charge in [0.25, 0.3) is 0 Å². The Kier molecular flexibility index (Phi) is 8.81. The standard InChI is InChI=1S/C27H26FN5O4.C4H10O/c1-14-6-8-17(9-7-14)30-27(36)31-22-13-23-29-16(3)20(12-24(34)35)25(33(23)32-22)19-11-21(28)26-18(15(19)2)5-4-10-37-26;1-4(2,3)5/h6-9,11,13H,4-5,10,12H2,1-3H3,(H,34,35)(H2,30,31,32,36);5H,1-3H3. The number of halogens is 1. The molecular formula is C31H36FN5O5. The number of amides is 2. The van der Waals surface area contributed by atoms with Crippen LogP contribution in [0.1, 0.15) is 55.1 Å². The van der Waals surface area contributed by atoms with Gasteiger partial charge < -0.3 is 20.3 Å². The number of ether oxygens (including phenoxy) is 1. The summed E-state index contributed by atoms with van der Waals surface area (Å²) in [7, 11) is 0. The third-order valence-electron chi connectivity index (χ3n) is 6.48. The first-order valence-corrected chi connectivity index (χ1v) is 13.6. The second-order valence-electron chi connectivity index (χ2n) is 11.3. The average Bonchev–Trinajstić information content (AvgIpc) is 3.28. The van der Waals surface area contributed by atoms with Gasteiger partial charge in [0.2, 0.25) is 0 Å². The number of hydrogen-bond acceptors (Lipinski definition) is 6. The summed E-state index contributed by atoms with van der Waals surface area (Å²) in [5.41, 5.74) is 4.94. The van der Waals surface area contributed by atoms with Crippen LogP contribution in [0.5, 0.6) is 5.75 Å². The van der Waals surface area contributed by atoms with Crippen molar-refractivity contribution in [1.29, 1.82) is 0 Å². The zero-order chi connectivity index (χ0) is 30.8. The van der Waals surface area contributed by atoms with Gasteiger partial charge in [-0.15, -0.1) is 5.10 Å². The summed E-state index contributed by atoms with van der Waals surface area (Å²) in [6.45, 7) is 11.2. The quantitative estimate of drug-likeness (QED) is 0.234. The molecule has 2 amide bonds. The minimum absolute atomic E-state index is 0.213. The molecule has 2 aromatic heterocycles. The van der Waals surface area contributed by atoms with E-state index in [9.17, 15) is 14.7 Å². The van der Waals surface area contributed by atoms with E-state index in [0.717, 1.165) is 23.1 Å². The number of carbonyl (C=O) groups is 2. The highest BCUT2D eigenvalue weighted by atomic mass is 19.1. The number of carbonyl (C=O) groups excluding carboxylic acids is 1. The summed E-state index contributed by atoms with van der Waals surface area (Å²) < 4.78 is 22.2. The molecule has 0 radical (unpaired) electrons. The Balaban J connectivity index is 0.000000748. The summed E-state index contributed by atoms with van der Waals surface area (Å²) in [4.78, 5) is 28.9. The van der Waals surface area contributed by atoms with Gasteiger partial charge in [0.05, 0.1) is 24.3 Å². The van der Waals surface area contributed by atoms with Crippen molar-refractivity contribution in [1.82, 2.24) is 14.6 Å². The Morgan fingerprint density at radius 2 is 1.76 bits per heavy atom. The maximum atomic E-state index is 15.1. The lowest BCUT2D eigenvalue weighted by Gasteiger charge is -2.23. The number of rotatable bonds is 5. The number of benzene rings is 2. The SMILES string of the molecule is CC(C)(C)O.Cc1ccc(NC(=O)Nc2cc3nc(C)c(CC(=O)O)c(-c4cc(F)c5c(c4C)CCCO5)n3n2)cc1. The van der Waals surface area contributed by atoms with E-state index in [4.69, 9.17) is 9.84 Å². The number of aliphatic hydroxyl groups is 1. The number of carboxylic acids is 1. The maximum Gasteiger partial charge on any atom is 0.324 e. The normalized spacial score (nSPS) is 12.6. The number of nitrogens with zero attached hydrogens (tertiary/aromatic N) is 3. The van der Waals surface area contributed by atoms with E-state index in [1.165, 1.54) is 10.6 Å². The number of nitrogens with one attached hydrogen (secondary N) is 2. The molecule has 0 spiro atoms. The third kappa shape index (κ3) is 7.22. The fraction of sp³-hybridized carbons (Fsp3) is 0.355. The Labute approximate surface area is 243 Å². The van der Waals surface area contributed by atoms with Crippen LogP contribution in [0.15, 0.2) is 36.4 Å². The number of anilines is 2. The zero-order valence-electron chi connectivity index (χ0n) is 24.6. The van der Waals surface area contributed by atoms with E-state index in [1.807, 2.05) is 26.0 Å². The smallest absolute Gasteiger partial charge is 0.324 e. The topological polar surface area (TPSA) is 138 Å². The van der Waals surface area contributed by atoms with E-state index in [2.05, 4.69) is 20.7 Å². The van der Waals surface area contributed by atoms with Crippen LogP contribution in [0.2, 0.25) is 0 Å². The summed E-state index contributed by atoms with van der Waals surface area (Å²) in [6, 6.07) is 9.79. The Bertz CT molecular complexity index is 1630. The van der Waals surface area contributed by atoms with Crippen molar-refractivity contribution in [3.8, 4) is 17.0 Å². The molecule has 2 aromatic carbocycles. The molecule has 1 aliphatic heterocycles.